The van der Waals surface area contributed by atoms with Crippen molar-refractivity contribution >= 4 is 36.1 Å². The van der Waals surface area contributed by atoms with E-state index in [-0.39, 0.29) is 37.6 Å². The van der Waals surface area contributed by atoms with Crippen molar-refractivity contribution < 1.29 is 32.3 Å². The van der Waals surface area contributed by atoms with Crippen LogP contribution in [0.1, 0.15) is 0 Å². The van der Waals surface area contributed by atoms with Gasteiger partial charge in [-0.2, -0.15) is 8.78 Å². The highest BCUT2D eigenvalue weighted by atomic mass is 19.3. The van der Waals surface area contributed by atoms with E-state index in [2.05, 4.69) is 5.32 Å². The SMILES string of the molecule is N=CN(CCNC=O)c1ccc(N2C[C@H](CNC(=O)C(F)F)OC2=O)cc1F. The number of nitrogens with zero attached hydrogens (tertiary/aromatic N) is 2. The molecule has 0 aliphatic carbocycles. The smallest absolute Gasteiger partial charge is 0.414 e. The van der Waals surface area contributed by atoms with Gasteiger partial charge in [-0.1, -0.05) is 0 Å². The van der Waals surface area contributed by atoms with E-state index in [1.165, 1.54) is 17.0 Å². The first-order valence-electron chi connectivity index (χ1n) is 8.15. The van der Waals surface area contributed by atoms with Crippen LogP contribution in [0, 0.1) is 11.2 Å². The van der Waals surface area contributed by atoms with Crippen molar-refractivity contribution in [2.75, 3.05) is 36.0 Å². The quantitative estimate of drug-likeness (QED) is 0.231. The van der Waals surface area contributed by atoms with Gasteiger partial charge in [0, 0.05) is 13.1 Å². The lowest BCUT2D eigenvalue weighted by atomic mass is 10.2. The fraction of sp³-hybridized carbons (Fsp3) is 0.375. The molecule has 1 aromatic carbocycles. The molecule has 2 rings (SSSR count). The van der Waals surface area contributed by atoms with E-state index < -0.39 is 30.3 Å². The highest BCUT2D eigenvalue weighted by molar-refractivity contribution is 5.90. The number of rotatable bonds is 10. The summed E-state index contributed by atoms with van der Waals surface area (Å²) in [6.45, 7) is 0.0106. The maximum absolute atomic E-state index is 14.5. The molecule has 0 saturated carbocycles. The van der Waals surface area contributed by atoms with Crippen molar-refractivity contribution in [2.24, 2.45) is 0 Å². The Kier molecular flexibility index (Phi) is 7.18. The van der Waals surface area contributed by atoms with Gasteiger partial charge in [0.15, 0.2) is 0 Å². The average Bonchev–Trinajstić information content (AvgIpc) is 3.04. The summed E-state index contributed by atoms with van der Waals surface area (Å²) in [7, 11) is 0. The molecule has 9 nitrogen and oxygen atoms in total. The van der Waals surface area contributed by atoms with Gasteiger partial charge in [0.25, 0.3) is 5.91 Å². The standard InChI is InChI=1S/C16H18F3N5O4/c17-12-5-10(1-2-13(12)23(8-20)4-3-21-9-25)24-7-11(28-16(24)27)6-22-15(26)14(18)19/h1-2,5,8-9,11,14,20H,3-4,6-7H2,(H,21,25)(H,22,26)/t11-/m0/s1. The molecule has 1 aromatic rings. The molecule has 3 amide bonds. The summed E-state index contributed by atoms with van der Waals surface area (Å²) in [6.07, 6.45) is -3.45. The second-order valence-corrected chi connectivity index (χ2v) is 5.69. The van der Waals surface area contributed by atoms with E-state index in [9.17, 15) is 27.6 Å². The Labute approximate surface area is 157 Å². The van der Waals surface area contributed by atoms with Gasteiger partial charge < -0.3 is 20.3 Å². The Bertz CT molecular complexity index is 749. The van der Waals surface area contributed by atoms with E-state index in [0.29, 0.717) is 6.41 Å². The van der Waals surface area contributed by atoms with Gasteiger partial charge in [0.05, 0.1) is 30.8 Å². The molecule has 3 N–H and O–H groups in total. The topological polar surface area (TPSA) is 115 Å². The summed E-state index contributed by atoms with van der Waals surface area (Å²) in [6, 6.07) is 3.86. The molecular weight excluding hydrogens is 383 g/mol. The number of anilines is 2. The van der Waals surface area contributed by atoms with Gasteiger partial charge in [0.1, 0.15) is 11.9 Å². The van der Waals surface area contributed by atoms with Crippen molar-refractivity contribution in [2.45, 2.75) is 12.5 Å². The lowest BCUT2D eigenvalue weighted by molar-refractivity contribution is -0.132. The Balaban J connectivity index is 2.04. The zero-order valence-electron chi connectivity index (χ0n) is 14.5. The zero-order valence-corrected chi connectivity index (χ0v) is 14.5. The predicted octanol–water partition coefficient (Wildman–Crippen LogP) is 0.692. The van der Waals surface area contributed by atoms with E-state index in [1.54, 1.807) is 0 Å². The molecule has 12 heteroatoms. The van der Waals surface area contributed by atoms with Gasteiger partial charge in [0.2, 0.25) is 6.41 Å². The summed E-state index contributed by atoms with van der Waals surface area (Å²) in [5.74, 6) is -2.19. The highest BCUT2D eigenvalue weighted by Gasteiger charge is 2.33. The Morgan fingerprint density at radius 1 is 1.46 bits per heavy atom. The van der Waals surface area contributed by atoms with Crippen molar-refractivity contribution in [1.29, 1.82) is 5.41 Å². The molecule has 0 radical (unpaired) electrons. The largest absolute Gasteiger partial charge is 0.442 e. The highest BCUT2D eigenvalue weighted by Crippen LogP contribution is 2.27. The molecule has 1 atom stereocenters. The van der Waals surface area contributed by atoms with Crippen LogP contribution in [0.3, 0.4) is 0 Å². The van der Waals surface area contributed by atoms with Gasteiger partial charge in [-0.25, -0.2) is 9.18 Å². The van der Waals surface area contributed by atoms with Gasteiger partial charge in [-0.15, -0.1) is 0 Å². The van der Waals surface area contributed by atoms with Crippen LogP contribution < -0.4 is 20.4 Å². The van der Waals surface area contributed by atoms with E-state index in [1.807, 2.05) is 5.32 Å². The fourth-order valence-electron chi connectivity index (χ4n) is 2.53. The Morgan fingerprint density at radius 3 is 2.82 bits per heavy atom. The summed E-state index contributed by atoms with van der Waals surface area (Å²) in [5, 5.41) is 11.7. The van der Waals surface area contributed by atoms with Crippen molar-refractivity contribution in [3.05, 3.63) is 24.0 Å². The summed E-state index contributed by atoms with van der Waals surface area (Å²) in [5.41, 5.74) is 0.240. The Hall–Kier alpha value is -3.31. The fourth-order valence-corrected chi connectivity index (χ4v) is 2.53. The van der Waals surface area contributed by atoms with Crippen LogP contribution in [-0.4, -0.2) is 63.5 Å². The van der Waals surface area contributed by atoms with Gasteiger partial charge >= 0.3 is 12.5 Å². The molecule has 0 spiro atoms. The van der Waals surface area contributed by atoms with E-state index in [4.69, 9.17) is 10.1 Å². The van der Waals surface area contributed by atoms with Crippen molar-refractivity contribution in [3.8, 4) is 0 Å². The molecule has 0 unspecified atom stereocenters. The molecule has 0 bridgehead atoms. The van der Waals surface area contributed by atoms with Crippen LogP contribution >= 0.6 is 0 Å². The van der Waals surface area contributed by atoms with Crippen molar-refractivity contribution in [3.63, 3.8) is 0 Å². The molecule has 152 valence electrons. The van der Waals surface area contributed by atoms with Crippen LogP contribution in [0.5, 0.6) is 0 Å². The number of ether oxygens (including phenoxy) is 1. The lowest BCUT2D eigenvalue weighted by Crippen LogP contribution is -2.37. The van der Waals surface area contributed by atoms with E-state index in [0.717, 1.165) is 17.3 Å². The minimum Gasteiger partial charge on any atom is -0.442 e. The number of benzene rings is 1. The molecule has 1 aliphatic rings. The molecule has 1 fully saturated rings. The maximum atomic E-state index is 14.5. The first-order chi connectivity index (χ1) is 13.4. The molecule has 0 aromatic heterocycles. The van der Waals surface area contributed by atoms with Gasteiger partial charge in [-0.05, 0) is 18.2 Å². The summed E-state index contributed by atoms with van der Waals surface area (Å²) in [4.78, 5) is 35.5. The molecule has 1 aliphatic heterocycles. The van der Waals surface area contributed by atoms with Crippen molar-refractivity contribution in [1.82, 2.24) is 10.6 Å². The second-order valence-electron chi connectivity index (χ2n) is 5.69. The summed E-state index contributed by atoms with van der Waals surface area (Å²) < 4.78 is 43.8. The third kappa shape index (κ3) is 5.11. The molecule has 1 heterocycles. The Morgan fingerprint density at radius 2 is 2.21 bits per heavy atom. The minimum absolute atomic E-state index is 0.0569. The zero-order chi connectivity index (χ0) is 20.7. The van der Waals surface area contributed by atoms with Crippen LogP contribution in [0.4, 0.5) is 29.3 Å². The number of hydrogen-bond acceptors (Lipinski definition) is 5. The number of cyclic esters (lactones) is 1. The number of hydrogen-bond donors (Lipinski definition) is 3. The molecule has 28 heavy (non-hydrogen) atoms. The number of amides is 3. The van der Waals surface area contributed by atoms with Gasteiger partial charge in [-0.3, -0.25) is 19.9 Å². The number of nitrogens with one attached hydrogen (secondary N) is 3. The maximum Gasteiger partial charge on any atom is 0.414 e. The lowest BCUT2D eigenvalue weighted by Gasteiger charge is -2.21. The molecular formula is C16H18F3N5O4. The first-order valence-corrected chi connectivity index (χ1v) is 8.15. The monoisotopic (exact) mass is 401 g/mol. The molecule has 1 saturated heterocycles. The van der Waals surface area contributed by atoms with Crippen LogP contribution in [0.15, 0.2) is 18.2 Å². The number of carbonyl (C=O) groups excluding carboxylic acids is 3. The minimum atomic E-state index is -3.17. The van der Waals surface area contributed by atoms with E-state index >= 15 is 0 Å². The third-order valence-corrected chi connectivity index (χ3v) is 3.86. The number of alkyl halides is 2. The third-order valence-electron chi connectivity index (χ3n) is 3.86. The average molecular weight is 401 g/mol. The number of carbonyl (C=O) groups is 3. The first kappa shape index (κ1) is 21.0. The van der Waals surface area contributed by atoms with Crippen LogP contribution in [0.25, 0.3) is 0 Å². The van der Waals surface area contributed by atoms with Crippen LogP contribution in [-0.2, 0) is 14.3 Å². The summed E-state index contributed by atoms with van der Waals surface area (Å²) >= 11 is 0. The number of halogens is 3. The second kappa shape index (κ2) is 9.58. The predicted molar refractivity (Wildman–Crippen MR) is 93.2 cm³/mol. The van der Waals surface area contributed by atoms with Crippen LogP contribution in [0.2, 0.25) is 0 Å². The normalized spacial score (nSPS) is 15.9.